The van der Waals surface area contributed by atoms with Gasteiger partial charge in [-0.25, -0.2) is 0 Å². The third-order valence-corrected chi connectivity index (χ3v) is 10.7. The number of hydrogen-bond donors (Lipinski definition) is 0. The van der Waals surface area contributed by atoms with Crippen molar-refractivity contribution in [1.82, 2.24) is 4.98 Å². The van der Waals surface area contributed by atoms with Crippen molar-refractivity contribution >= 4 is 62.3 Å². The summed E-state index contributed by atoms with van der Waals surface area (Å²) in [6.45, 7) is 0. The Bertz CT molecular complexity index is 2370. The molecule has 7 aromatic rings. The monoisotopic (exact) mass is 620 g/mol. The van der Waals surface area contributed by atoms with Crippen LogP contribution in [0.4, 0.5) is 17.1 Å². The summed E-state index contributed by atoms with van der Waals surface area (Å²) in [5.41, 5.74) is 11.4. The third kappa shape index (κ3) is 5.29. The quantitative estimate of drug-likeness (QED) is 0.184. The van der Waals surface area contributed by atoms with Crippen LogP contribution in [0.5, 0.6) is 0 Å². The lowest BCUT2D eigenvalue weighted by atomic mass is 9.91. The third-order valence-electron chi connectivity index (χ3n) is 9.50. The molecule has 2 aliphatic rings. The molecule has 224 valence electrons. The molecule has 1 unspecified atom stereocenters. The highest BCUT2D eigenvalue weighted by molar-refractivity contribution is 7.22. The van der Waals surface area contributed by atoms with E-state index in [1.165, 1.54) is 53.6 Å². The molecule has 47 heavy (non-hydrogen) atoms. The molecule has 0 fully saturated rings. The molecule has 9 rings (SSSR count). The molecule has 2 aliphatic carbocycles. The summed E-state index contributed by atoms with van der Waals surface area (Å²) < 4.78 is 1.32. The van der Waals surface area contributed by atoms with Gasteiger partial charge in [-0.05, 0) is 111 Å². The van der Waals surface area contributed by atoms with Gasteiger partial charge in [0, 0.05) is 38.8 Å². The zero-order valence-corrected chi connectivity index (χ0v) is 26.7. The summed E-state index contributed by atoms with van der Waals surface area (Å²) >= 11 is 1.85. The van der Waals surface area contributed by atoms with Crippen LogP contribution in [0.1, 0.15) is 34.6 Å². The van der Waals surface area contributed by atoms with E-state index in [1.807, 2.05) is 23.6 Å². The van der Waals surface area contributed by atoms with E-state index in [2.05, 4.69) is 162 Å². The van der Waals surface area contributed by atoms with Gasteiger partial charge < -0.3 is 4.90 Å². The fourth-order valence-corrected chi connectivity index (χ4v) is 8.06. The van der Waals surface area contributed by atoms with E-state index in [4.69, 9.17) is 0 Å². The molecule has 0 saturated heterocycles. The first kappa shape index (κ1) is 27.8. The minimum atomic E-state index is 0.323. The van der Waals surface area contributed by atoms with E-state index >= 15 is 0 Å². The summed E-state index contributed by atoms with van der Waals surface area (Å²) in [5.74, 6) is 0.323. The summed E-state index contributed by atoms with van der Waals surface area (Å²) in [6.07, 6.45) is 10.8. The van der Waals surface area contributed by atoms with E-state index in [9.17, 15) is 0 Å². The van der Waals surface area contributed by atoms with Crippen LogP contribution in [0, 0.1) is 0 Å². The molecule has 2 aromatic heterocycles. The number of fused-ring (bicyclic) bond motifs is 3. The number of hydrogen-bond acceptors (Lipinski definition) is 3. The molecule has 2 heterocycles. The number of anilines is 3. The lowest BCUT2D eigenvalue weighted by Crippen LogP contribution is -2.30. The molecule has 0 bridgehead atoms. The van der Waals surface area contributed by atoms with Crippen LogP contribution in [0.25, 0.3) is 44.3 Å². The number of nitrogens with zero attached hydrogens (tertiary/aromatic N) is 2. The number of benzene rings is 5. The summed E-state index contributed by atoms with van der Waals surface area (Å²) in [5, 5.41) is 3.60. The Morgan fingerprint density at radius 3 is 2.13 bits per heavy atom. The maximum atomic E-state index is 4.61. The van der Waals surface area contributed by atoms with Crippen molar-refractivity contribution < 1.29 is 0 Å². The number of rotatable bonds is 6. The smallest absolute Gasteiger partial charge is 0.0665 e. The van der Waals surface area contributed by atoms with Crippen LogP contribution in [-0.4, -0.2) is 4.98 Å². The normalized spacial score (nSPS) is 14.9. The van der Waals surface area contributed by atoms with E-state index < -0.39 is 0 Å². The Balaban J connectivity index is 1.06. The van der Waals surface area contributed by atoms with Crippen molar-refractivity contribution in [3.8, 4) is 10.4 Å². The number of pyridine rings is 1. The van der Waals surface area contributed by atoms with Gasteiger partial charge in [0.25, 0.3) is 0 Å². The summed E-state index contributed by atoms with van der Waals surface area (Å²) in [7, 11) is 0. The van der Waals surface area contributed by atoms with Crippen molar-refractivity contribution in [2.24, 2.45) is 0 Å². The maximum Gasteiger partial charge on any atom is 0.0665 e. The second-order valence-corrected chi connectivity index (χ2v) is 13.5. The van der Waals surface area contributed by atoms with Gasteiger partial charge in [0.1, 0.15) is 0 Å². The average Bonchev–Trinajstić information content (AvgIpc) is 3.78. The molecule has 0 aliphatic heterocycles. The average molecular weight is 621 g/mol. The molecule has 2 nitrogen and oxygen atoms in total. The molecule has 5 aromatic carbocycles. The second kappa shape index (κ2) is 11.7. The predicted molar refractivity (Wildman–Crippen MR) is 200 cm³/mol. The van der Waals surface area contributed by atoms with Crippen molar-refractivity contribution in [3.05, 3.63) is 179 Å². The van der Waals surface area contributed by atoms with Gasteiger partial charge in [0.05, 0.1) is 5.35 Å². The van der Waals surface area contributed by atoms with Crippen molar-refractivity contribution in [3.63, 3.8) is 0 Å². The number of allylic oxidation sites excluding steroid dienone is 1. The first-order valence-electron chi connectivity index (χ1n) is 16.3. The Morgan fingerprint density at radius 2 is 1.36 bits per heavy atom. The van der Waals surface area contributed by atoms with E-state index in [1.54, 1.807) is 0 Å². The first-order chi connectivity index (χ1) is 23.2. The molecule has 0 amide bonds. The van der Waals surface area contributed by atoms with Crippen LogP contribution >= 0.6 is 11.3 Å². The SMILES string of the molecule is C1=C(c2ccc(N(c3ccc(-c4cc5ccccc5s4)cc3)c3ccc(C4C=c5ncccc5=CC4)cc3)cc2)Cc2ccccc21. The van der Waals surface area contributed by atoms with Gasteiger partial charge in [0.2, 0.25) is 0 Å². The van der Waals surface area contributed by atoms with Gasteiger partial charge in [-0.1, -0.05) is 103 Å². The highest BCUT2D eigenvalue weighted by Gasteiger charge is 2.18. The Labute approximate surface area is 278 Å². The highest BCUT2D eigenvalue weighted by Crippen LogP contribution is 2.40. The Kier molecular flexibility index (Phi) is 6.91. The maximum absolute atomic E-state index is 4.61. The lowest BCUT2D eigenvalue weighted by molar-refractivity contribution is 0.910. The largest absolute Gasteiger partial charge is 0.311 e. The molecular formula is C44H32N2S. The van der Waals surface area contributed by atoms with Gasteiger partial charge in [0.15, 0.2) is 0 Å². The van der Waals surface area contributed by atoms with Crippen LogP contribution in [-0.2, 0) is 6.42 Å². The molecule has 0 saturated carbocycles. The van der Waals surface area contributed by atoms with Crippen LogP contribution in [0.2, 0.25) is 0 Å². The van der Waals surface area contributed by atoms with E-state index in [-0.39, 0.29) is 0 Å². The fourth-order valence-electron chi connectivity index (χ4n) is 6.99. The van der Waals surface area contributed by atoms with Crippen LogP contribution < -0.4 is 15.5 Å². The zero-order valence-electron chi connectivity index (χ0n) is 25.9. The van der Waals surface area contributed by atoms with Crippen molar-refractivity contribution in [1.29, 1.82) is 0 Å². The zero-order chi connectivity index (χ0) is 31.2. The number of thiophene rings is 1. The molecule has 1 atom stereocenters. The minimum absolute atomic E-state index is 0.323. The topological polar surface area (TPSA) is 16.1 Å². The molecular weight excluding hydrogens is 589 g/mol. The van der Waals surface area contributed by atoms with Crippen LogP contribution in [0.3, 0.4) is 0 Å². The highest BCUT2D eigenvalue weighted by atomic mass is 32.1. The van der Waals surface area contributed by atoms with Gasteiger partial charge in [-0.15, -0.1) is 11.3 Å². The van der Waals surface area contributed by atoms with Crippen molar-refractivity contribution in [2.45, 2.75) is 18.8 Å². The molecule has 3 heteroatoms. The van der Waals surface area contributed by atoms with Crippen molar-refractivity contribution in [2.75, 3.05) is 4.90 Å². The van der Waals surface area contributed by atoms with Gasteiger partial charge in [-0.3, -0.25) is 4.98 Å². The van der Waals surface area contributed by atoms with Gasteiger partial charge in [-0.2, -0.15) is 0 Å². The lowest BCUT2D eigenvalue weighted by Gasteiger charge is -2.26. The molecule has 0 spiro atoms. The molecule has 0 N–H and O–H groups in total. The first-order valence-corrected chi connectivity index (χ1v) is 17.1. The number of aromatic nitrogens is 1. The van der Waals surface area contributed by atoms with E-state index in [0.717, 1.165) is 35.3 Å². The predicted octanol–water partition coefficient (Wildman–Crippen LogP) is 10.3. The summed E-state index contributed by atoms with van der Waals surface area (Å²) in [4.78, 5) is 8.27. The standard InChI is InChI=1S/C44H32N2S/c1-2-7-35-27-38(26-34(35)6-1)31-15-21-40(22-16-31)46(41-23-17-33(18-24-41)44-29-37-8-3-4-10-43(37)47-44)39-19-13-30(14-20-39)36-12-11-32-9-5-25-45-42(32)28-36/h1-11,13-26,28-29,36H,12,27H2. The Morgan fingerprint density at radius 1 is 0.660 bits per heavy atom. The van der Waals surface area contributed by atoms with E-state index in [0.29, 0.717) is 5.92 Å². The van der Waals surface area contributed by atoms with Crippen LogP contribution in [0.15, 0.2) is 146 Å². The summed E-state index contributed by atoms with van der Waals surface area (Å²) in [6, 6.07) is 51.0. The van der Waals surface area contributed by atoms with Gasteiger partial charge >= 0.3 is 0 Å². The second-order valence-electron chi connectivity index (χ2n) is 12.4. The fraction of sp³-hybridized carbons (Fsp3) is 0.0682. The molecule has 0 radical (unpaired) electrons. The Hall–Kier alpha value is -5.51. The minimum Gasteiger partial charge on any atom is -0.311 e.